The van der Waals surface area contributed by atoms with Crippen molar-refractivity contribution < 1.29 is 64.4 Å². The zero-order valence-electron chi connectivity index (χ0n) is 16.9. The Morgan fingerprint density at radius 3 is 1.85 bits per heavy atom. The molecule has 3 nitrogen and oxygen atoms in total. The minimum absolute atomic E-state index is 0. The van der Waals surface area contributed by atoms with Crippen molar-refractivity contribution >= 4 is 20.9 Å². The summed E-state index contributed by atoms with van der Waals surface area (Å²) in [5.41, 5.74) is 1.27. The van der Waals surface area contributed by atoms with E-state index in [1.54, 1.807) is 6.07 Å². The first-order valence-corrected chi connectivity index (χ1v) is 11.4. The van der Waals surface area contributed by atoms with Crippen LogP contribution in [-0.4, -0.2) is 13.0 Å². The molecule has 0 aliphatic carbocycles. The summed E-state index contributed by atoms with van der Waals surface area (Å²) in [6.45, 7) is 2.25. The molecule has 2 aromatic rings. The molecule has 0 N–H and O–H groups in total. The van der Waals surface area contributed by atoms with Gasteiger partial charge in [-0.25, -0.2) is 8.42 Å². The van der Waals surface area contributed by atoms with Gasteiger partial charge in [-0.1, -0.05) is 89.0 Å². The van der Waals surface area contributed by atoms with Crippen LogP contribution in [0.1, 0.15) is 76.7 Å². The van der Waals surface area contributed by atoms with Crippen LogP contribution in [0.3, 0.4) is 0 Å². The van der Waals surface area contributed by atoms with Crippen molar-refractivity contribution in [3.05, 3.63) is 42.0 Å². The summed E-state index contributed by atoms with van der Waals surface area (Å²) < 4.78 is 33.3. The summed E-state index contributed by atoms with van der Waals surface area (Å²) in [4.78, 5) is -0.160. The van der Waals surface area contributed by atoms with E-state index < -0.39 is 10.1 Å². The third-order valence-electron chi connectivity index (χ3n) is 4.98. The van der Waals surface area contributed by atoms with Crippen molar-refractivity contribution in [2.75, 3.05) is 0 Å². The van der Waals surface area contributed by atoms with Gasteiger partial charge in [-0.05, 0) is 41.3 Å². The third kappa shape index (κ3) is 9.53. The molecule has 0 saturated carbocycles. The Hall–Kier alpha value is 0.246. The summed E-state index contributed by atoms with van der Waals surface area (Å²) in [5, 5.41) is 1.79. The second kappa shape index (κ2) is 13.5. The minimum Gasteiger partial charge on any atom is -0.744 e. The monoisotopic (exact) mass is 414 g/mol. The molecule has 0 aromatic heterocycles. The van der Waals surface area contributed by atoms with Crippen LogP contribution < -0.4 is 51.4 Å². The Bertz CT molecular complexity index is 787. The normalized spacial score (nSPS) is 11.5. The zero-order chi connectivity index (χ0) is 18.8. The Morgan fingerprint density at radius 2 is 1.26 bits per heavy atom. The number of benzene rings is 2. The molecular formula is C22H31KO3S. The molecule has 0 aliphatic heterocycles. The number of fused-ring (bicyclic) bond motifs is 1. The fourth-order valence-electron chi connectivity index (χ4n) is 3.40. The quantitative estimate of drug-likeness (QED) is 0.304. The van der Waals surface area contributed by atoms with Crippen LogP contribution in [0.15, 0.2) is 41.3 Å². The van der Waals surface area contributed by atoms with Gasteiger partial charge in [0.25, 0.3) is 0 Å². The van der Waals surface area contributed by atoms with Gasteiger partial charge < -0.3 is 4.55 Å². The summed E-state index contributed by atoms with van der Waals surface area (Å²) in [5.74, 6) is 0. The number of hydrogen-bond acceptors (Lipinski definition) is 3. The van der Waals surface area contributed by atoms with Gasteiger partial charge >= 0.3 is 51.4 Å². The molecular weight excluding hydrogens is 383 g/mol. The average Bonchev–Trinajstić information content (AvgIpc) is 2.62. The van der Waals surface area contributed by atoms with Crippen LogP contribution >= 0.6 is 0 Å². The minimum atomic E-state index is -4.39. The van der Waals surface area contributed by atoms with E-state index in [1.807, 2.05) is 12.1 Å². The van der Waals surface area contributed by atoms with Crippen molar-refractivity contribution in [3.63, 3.8) is 0 Å². The van der Waals surface area contributed by atoms with Crippen molar-refractivity contribution in [1.82, 2.24) is 0 Å². The number of rotatable bonds is 12. The van der Waals surface area contributed by atoms with E-state index >= 15 is 0 Å². The average molecular weight is 415 g/mol. The molecule has 0 radical (unpaired) electrons. The van der Waals surface area contributed by atoms with Crippen LogP contribution in [0, 0.1) is 0 Å². The second-order valence-corrected chi connectivity index (χ2v) is 8.61. The Morgan fingerprint density at radius 1 is 0.741 bits per heavy atom. The van der Waals surface area contributed by atoms with Crippen molar-refractivity contribution in [3.8, 4) is 0 Å². The first kappa shape index (κ1) is 25.3. The summed E-state index contributed by atoms with van der Waals surface area (Å²) in [7, 11) is -4.39. The van der Waals surface area contributed by atoms with E-state index in [4.69, 9.17) is 0 Å². The maximum Gasteiger partial charge on any atom is 1.00 e. The molecule has 5 heteroatoms. The smallest absolute Gasteiger partial charge is 0.744 e. The first-order valence-electron chi connectivity index (χ1n) is 9.99. The number of aryl methyl sites for hydroxylation is 1. The third-order valence-corrected chi connectivity index (χ3v) is 5.82. The van der Waals surface area contributed by atoms with E-state index in [1.165, 1.54) is 81.9 Å². The molecule has 0 spiro atoms. The van der Waals surface area contributed by atoms with E-state index in [0.29, 0.717) is 0 Å². The molecule has 0 fully saturated rings. The Labute approximate surface area is 207 Å². The van der Waals surface area contributed by atoms with Crippen molar-refractivity contribution in [2.24, 2.45) is 0 Å². The fraction of sp³-hybridized carbons (Fsp3) is 0.545. The molecule has 27 heavy (non-hydrogen) atoms. The fourth-order valence-corrected chi connectivity index (χ4v) is 3.91. The Kier molecular flexibility index (Phi) is 12.6. The molecule has 144 valence electrons. The van der Waals surface area contributed by atoms with Gasteiger partial charge in [0.2, 0.25) is 0 Å². The van der Waals surface area contributed by atoms with Gasteiger partial charge in [0.05, 0.1) is 4.90 Å². The molecule has 0 aliphatic rings. The van der Waals surface area contributed by atoms with E-state index in [0.717, 1.165) is 17.2 Å². The molecule has 0 saturated heterocycles. The molecule has 2 aromatic carbocycles. The van der Waals surface area contributed by atoms with Gasteiger partial charge in [-0.2, -0.15) is 0 Å². The van der Waals surface area contributed by atoms with Gasteiger partial charge in [-0.15, -0.1) is 0 Å². The maximum atomic E-state index is 11.1. The predicted molar refractivity (Wildman–Crippen MR) is 107 cm³/mol. The predicted octanol–water partition coefficient (Wildman–Crippen LogP) is 3.21. The van der Waals surface area contributed by atoms with Crippen LogP contribution in [0.2, 0.25) is 0 Å². The van der Waals surface area contributed by atoms with Crippen LogP contribution in [0.4, 0.5) is 0 Å². The van der Waals surface area contributed by atoms with Gasteiger partial charge in [-0.3, -0.25) is 0 Å². The number of unbranched alkanes of at least 4 members (excludes halogenated alkanes) is 9. The SMILES string of the molecule is CCCCCCCCCCCCc1ccc2cc(S(=O)(=O)[O-])ccc2c1.[K+]. The molecule has 2 rings (SSSR count). The van der Waals surface area contributed by atoms with Crippen LogP contribution in [0.25, 0.3) is 10.8 Å². The standard InChI is InChI=1S/C22H32O3S.K/c1-2-3-4-5-6-7-8-9-10-11-12-19-13-14-21-18-22(26(23,24)25)16-15-20(21)17-19;/h13-18H,2-12H2,1H3,(H,23,24,25);/q;+1/p-1. The second-order valence-electron chi connectivity index (χ2n) is 7.23. The summed E-state index contributed by atoms with van der Waals surface area (Å²) in [6, 6.07) is 10.6. The zero-order valence-corrected chi connectivity index (χ0v) is 20.8. The Balaban J connectivity index is 0.00000364. The summed E-state index contributed by atoms with van der Waals surface area (Å²) in [6.07, 6.45) is 14.4. The van der Waals surface area contributed by atoms with Gasteiger partial charge in [0.15, 0.2) is 0 Å². The molecule has 0 unspecified atom stereocenters. The van der Waals surface area contributed by atoms with Gasteiger partial charge in [0.1, 0.15) is 10.1 Å². The van der Waals surface area contributed by atoms with E-state index in [9.17, 15) is 13.0 Å². The number of hydrogen-bond donors (Lipinski definition) is 0. The molecule has 0 atom stereocenters. The van der Waals surface area contributed by atoms with Gasteiger partial charge in [0, 0.05) is 0 Å². The van der Waals surface area contributed by atoms with Crippen molar-refractivity contribution in [1.29, 1.82) is 0 Å². The first-order chi connectivity index (χ1) is 12.5. The van der Waals surface area contributed by atoms with Crippen LogP contribution in [-0.2, 0) is 16.5 Å². The van der Waals surface area contributed by atoms with E-state index in [2.05, 4.69) is 13.0 Å². The molecule has 0 heterocycles. The molecule has 0 amide bonds. The van der Waals surface area contributed by atoms with Crippen molar-refractivity contribution in [2.45, 2.75) is 82.4 Å². The topological polar surface area (TPSA) is 57.2 Å². The van der Waals surface area contributed by atoms with Crippen LogP contribution in [0.5, 0.6) is 0 Å². The van der Waals surface area contributed by atoms with E-state index in [-0.39, 0.29) is 56.3 Å². The maximum absolute atomic E-state index is 11.1. The largest absolute Gasteiger partial charge is 1.00 e. The molecule has 0 bridgehead atoms. The summed E-state index contributed by atoms with van der Waals surface area (Å²) >= 11 is 0.